The van der Waals surface area contributed by atoms with E-state index in [1.54, 1.807) is 24.5 Å². The van der Waals surface area contributed by atoms with Gasteiger partial charge in [-0.1, -0.05) is 18.2 Å². The minimum atomic E-state index is -3.64. The summed E-state index contributed by atoms with van der Waals surface area (Å²) in [6.07, 6.45) is 6.14. The molecule has 2 N–H and O–H groups in total. The van der Waals surface area contributed by atoms with Crippen LogP contribution in [-0.2, 0) is 23.0 Å². The van der Waals surface area contributed by atoms with Crippen LogP contribution < -0.4 is 5.14 Å². The van der Waals surface area contributed by atoms with E-state index in [1.807, 2.05) is 29.0 Å². The topological polar surface area (TPSA) is 90.9 Å². The van der Waals surface area contributed by atoms with Crippen LogP contribution in [-0.4, -0.2) is 23.0 Å². The minimum absolute atomic E-state index is 0.123. The first-order valence-corrected chi connectivity index (χ1v) is 8.63. The monoisotopic (exact) mass is 328 g/mol. The summed E-state index contributed by atoms with van der Waals surface area (Å²) in [7, 11) is -3.64. The van der Waals surface area contributed by atoms with Gasteiger partial charge >= 0.3 is 0 Å². The van der Waals surface area contributed by atoms with E-state index >= 15 is 0 Å². The second-order valence-electron chi connectivity index (χ2n) is 5.10. The van der Waals surface area contributed by atoms with Gasteiger partial charge < -0.3 is 4.57 Å². The van der Waals surface area contributed by atoms with Crippen LogP contribution in [0, 0.1) is 0 Å². The molecule has 2 aromatic heterocycles. The number of aromatic nitrogens is 3. The maximum atomic E-state index is 11.2. The maximum absolute atomic E-state index is 11.2. The van der Waals surface area contributed by atoms with E-state index in [4.69, 9.17) is 5.14 Å². The summed E-state index contributed by atoms with van der Waals surface area (Å²) in [6.45, 7) is 0.723. The van der Waals surface area contributed by atoms with Crippen molar-refractivity contribution >= 4 is 10.0 Å². The summed E-state index contributed by atoms with van der Waals surface area (Å²) >= 11 is 0. The van der Waals surface area contributed by atoms with Crippen LogP contribution in [0.25, 0.3) is 11.5 Å². The Labute approximate surface area is 134 Å². The molecular weight excluding hydrogens is 312 g/mol. The minimum Gasteiger partial charge on any atom is -0.329 e. The highest BCUT2D eigenvalue weighted by atomic mass is 32.2. The number of sulfonamides is 1. The van der Waals surface area contributed by atoms with Crippen LogP contribution >= 0.6 is 0 Å². The average Bonchev–Trinajstić information content (AvgIpc) is 3.02. The van der Waals surface area contributed by atoms with Crippen LogP contribution in [0.5, 0.6) is 0 Å². The van der Waals surface area contributed by atoms with Crippen molar-refractivity contribution < 1.29 is 8.42 Å². The summed E-state index contributed by atoms with van der Waals surface area (Å²) < 4.78 is 24.5. The Bertz CT molecular complexity index is 887. The van der Waals surface area contributed by atoms with Crippen molar-refractivity contribution in [2.24, 2.45) is 5.14 Å². The number of rotatable bonds is 5. The van der Waals surface area contributed by atoms with Gasteiger partial charge in [0, 0.05) is 25.1 Å². The molecule has 7 heteroatoms. The lowest BCUT2D eigenvalue weighted by Gasteiger charge is -2.08. The molecule has 6 nitrogen and oxygen atoms in total. The Hall–Kier alpha value is -2.51. The normalized spacial score (nSPS) is 11.5. The van der Waals surface area contributed by atoms with Crippen LogP contribution in [0.4, 0.5) is 0 Å². The summed E-state index contributed by atoms with van der Waals surface area (Å²) in [5, 5.41) is 5.10. The van der Waals surface area contributed by atoms with Gasteiger partial charge in [-0.3, -0.25) is 4.98 Å². The molecule has 0 fully saturated rings. The molecule has 0 bridgehead atoms. The summed E-state index contributed by atoms with van der Waals surface area (Å²) in [4.78, 5) is 8.78. The van der Waals surface area contributed by atoms with Crippen molar-refractivity contribution in [3.63, 3.8) is 0 Å². The molecule has 23 heavy (non-hydrogen) atoms. The quantitative estimate of drug-likeness (QED) is 0.773. The number of pyridine rings is 1. The third-order valence-corrected chi connectivity index (χ3v) is 4.43. The predicted molar refractivity (Wildman–Crippen MR) is 87.0 cm³/mol. The number of aryl methyl sites for hydroxylation is 2. The fourth-order valence-corrected chi connectivity index (χ4v) is 2.83. The molecule has 0 aliphatic carbocycles. The first-order chi connectivity index (χ1) is 11.0. The molecule has 0 radical (unpaired) electrons. The van der Waals surface area contributed by atoms with Crippen LogP contribution in [0.15, 0.2) is 66.0 Å². The van der Waals surface area contributed by atoms with Gasteiger partial charge in [-0.15, -0.1) is 0 Å². The molecule has 1 aromatic carbocycles. The van der Waals surface area contributed by atoms with Gasteiger partial charge in [-0.2, -0.15) is 0 Å². The van der Waals surface area contributed by atoms with Crippen LogP contribution in [0.2, 0.25) is 0 Å². The SMILES string of the molecule is NS(=O)(=O)c1ccc(CCn2ccnc2-c2ccccn2)cc1. The third-order valence-electron chi connectivity index (χ3n) is 3.50. The lowest BCUT2D eigenvalue weighted by molar-refractivity contribution is 0.597. The Morgan fingerprint density at radius 2 is 1.78 bits per heavy atom. The van der Waals surface area contributed by atoms with Crippen molar-refractivity contribution in [1.82, 2.24) is 14.5 Å². The lowest BCUT2D eigenvalue weighted by atomic mass is 10.1. The fourth-order valence-electron chi connectivity index (χ4n) is 2.31. The number of imidazole rings is 1. The second kappa shape index (κ2) is 6.31. The zero-order valence-electron chi connectivity index (χ0n) is 12.3. The largest absolute Gasteiger partial charge is 0.329 e. The molecule has 0 spiro atoms. The third kappa shape index (κ3) is 3.64. The molecule has 0 saturated carbocycles. The Morgan fingerprint density at radius 1 is 1.00 bits per heavy atom. The summed E-state index contributed by atoms with van der Waals surface area (Å²) in [5.74, 6) is 0.812. The predicted octanol–water partition coefficient (Wildman–Crippen LogP) is 1.84. The zero-order valence-corrected chi connectivity index (χ0v) is 13.1. The van der Waals surface area contributed by atoms with Gasteiger partial charge in [0.1, 0.15) is 5.69 Å². The number of nitrogens with zero attached hydrogens (tertiary/aromatic N) is 3. The molecule has 0 aliphatic rings. The molecule has 0 atom stereocenters. The Balaban J connectivity index is 1.74. The van der Waals surface area contributed by atoms with E-state index in [1.165, 1.54) is 12.1 Å². The molecule has 2 heterocycles. The van der Waals surface area contributed by atoms with Gasteiger partial charge in [-0.05, 0) is 36.2 Å². The molecule has 3 rings (SSSR count). The number of hydrogen-bond donors (Lipinski definition) is 1. The molecule has 0 saturated heterocycles. The van der Waals surface area contributed by atoms with Crippen molar-refractivity contribution in [3.05, 3.63) is 66.6 Å². The van der Waals surface area contributed by atoms with Crippen LogP contribution in [0.3, 0.4) is 0 Å². The summed E-state index contributed by atoms with van der Waals surface area (Å²) in [5.41, 5.74) is 1.85. The number of benzene rings is 1. The van der Waals surface area contributed by atoms with Crippen molar-refractivity contribution in [2.75, 3.05) is 0 Å². The van der Waals surface area contributed by atoms with Crippen LogP contribution in [0.1, 0.15) is 5.56 Å². The van der Waals surface area contributed by atoms with Gasteiger partial charge in [0.2, 0.25) is 10.0 Å². The molecule has 118 valence electrons. The maximum Gasteiger partial charge on any atom is 0.238 e. The highest BCUT2D eigenvalue weighted by Crippen LogP contribution is 2.15. The van der Waals surface area contributed by atoms with Gasteiger partial charge in [0.05, 0.1) is 4.90 Å². The number of hydrogen-bond acceptors (Lipinski definition) is 4. The molecule has 0 unspecified atom stereocenters. The Morgan fingerprint density at radius 3 is 2.43 bits per heavy atom. The van der Waals surface area contributed by atoms with Gasteiger partial charge in [0.15, 0.2) is 5.82 Å². The molecular formula is C16H16N4O2S. The highest BCUT2D eigenvalue weighted by Gasteiger charge is 2.08. The van der Waals surface area contributed by atoms with Crippen molar-refractivity contribution in [3.8, 4) is 11.5 Å². The fraction of sp³-hybridized carbons (Fsp3) is 0.125. The van der Waals surface area contributed by atoms with Gasteiger partial charge in [0.25, 0.3) is 0 Å². The molecule has 0 amide bonds. The second-order valence-corrected chi connectivity index (χ2v) is 6.66. The highest BCUT2D eigenvalue weighted by molar-refractivity contribution is 7.89. The zero-order chi connectivity index (χ0) is 16.3. The number of nitrogens with two attached hydrogens (primary N) is 1. The smallest absolute Gasteiger partial charge is 0.238 e. The van der Waals surface area contributed by atoms with Crippen molar-refractivity contribution in [1.29, 1.82) is 0 Å². The van der Waals surface area contributed by atoms with Gasteiger partial charge in [-0.25, -0.2) is 18.5 Å². The van der Waals surface area contributed by atoms with E-state index in [-0.39, 0.29) is 4.90 Å². The average molecular weight is 328 g/mol. The van der Waals surface area contributed by atoms with Crippen molar-refractivity contribution in [2.45, 2.75) is 17.9 Å². The Kier molecular flexibility index (Phi) is 4.22. The van der Waals surface area contributed by atoms with E-state index in [2.05, 4.69) is 9.97 Å². The first kappa shape index (κ1) is 15.4. The summed E-state index contributed by atoms with van der Waals surface area (Å²) in [6, 6.07) is 12.3. The van der Waals surface area contributed by atoms with E-state index in [9.17, 15) is 8.42 Å². The van der Waals surface area contributed by atoms with E-state index < -0.39 is 10.0 Å². The molecule has 3 aromatic rings. The number of primary sulfonamides is 1. The first-order valence-electron chi connectivity index (χ1n) is 7.08. The van der Waals surface area contributed by atoms with E-state index in [0.717, 1.165) is 30.0 Å². The lowest BCUT2D eigenvalue weighted by Crippen LogP contribution is -2.12. The van der Waals surface area contributed by atoms with E-state index in [0.29, 0.717) is 0 Å². The standard InChI is InChI=1S/C16H16N4O2S/c17-23(21,22)14-6-4-13(5-7-14)8-11-20-12-10-19-16(20)15-3-1-2-9-18-15/h1-7,9-10,12H,8,11H2,(H2,17,21,22). The molecule has 0 aliphatic heterocycles.